The molecule has 0 radical (unpaired) electrons. The predicted octanol–water partition coefficient (Wildman–Crippen LogP) is 15.1. The number of fused-ring (bicyclic) bond motifs is 9. The summed E-state index contributed by atoms with van der Waals surface area (Å²) in [6.45, 7) is 4.72. The number of hydrogen-bond donors (Lipinski definition) is 0. The van der Waals surface area contributed by atoms with Crippen LogP contribution in [0.15, 0.2) is 180 Å². The SMILES string of the molecule is CC1(C)c2ccccc2-c2ccc(N(c3ccc(-c4ccccc4)cc3)c3cc(-c4ccc5oc6ccccc6c5c4)c4sc5ccccc5c4c3)cc21. The molecule has 8 aromatic carbocycles. The van der Waals surface area contributed by atoms with Crippen molar-refractivity contribution in [2.24, 2.45) is 0 Å². The van der Waals surface area contributed by atoms with Crippen molar-refractivity contribution in [1.82, 2.24) is 0 Å². The van der Waals surface area contributed by atoms with E-state index in [1.54, 1.807) is 0 Å². The van der Waals surface area contributed by atoms with Gasteiger partial charge in [-0.3, -0.25) is 0 Å². The number of nitrogens with zero attached hydrogens (tertiary/aromatic N) is 1. The van der Waals surface area contributed by atoms with Crippen LogP contribution in [0.5, 0.6) is 0 Å². The molecular formula is C51H35NOS. The molecule has 2 aromatic heterocycles. The molecule has 0 unspecified atom stereocenters. The minimum atomic E-state index is -0.119. The van der Waals surface area contributed by atoms with Crippen molar-refractivity contribution in [3.8, 4) is 33.4 Å². The van der Waals surface area contributed by atoms with Crippen LogP contribution < -0.4 is 4.90 Å². The van der Waals surface area contributed by atoms with Crippen LogP contribution in [0.4, 0.5) is 17.1 Å². The van der Waals surface area contributed by atoms with Crippen molar-refractivity contribution in [3.63, 3.8) is 0 Å². The van der Waals surface area contributed by atoms with Gasteiger partial charge >= 0.3 is 0 Å². The minimum absolute atomic E-state index is 0.119. The maximum atomic E-state index is 6.27. The van der Waals surface area contributed by atoms with Gasteiger partial charge in [-0.15, -0.1) is 11.3 Å². The van der Waals surface area contributed by atoms with Crippen LogP contribution in [0, 0.1) is 0 Å². The lowest BCUT2D eigenvalue weighted by atomic mass is 9.82. The molecule has 1 aliphatic rings. The van der Waals surface area contributed by atoms with Crippen LogP contribution in [0.25, 0.3) is 75.5 Å². The van der Waals surface area contributed by atoms with Gasteiger partial charge in [0.15, 0.2) is 0 Å². The molecule has 0 amide bonds. The van der Waals surface area contributed by atoms with Gasteiger partial charge in [-0.1, -0.05) is 129 Å². The zero-order valence-corrected chi connectivity index (χ0v) is 30.8. The number of benzene rings is 8. The number of anilines is 3. The molecule has 11 rings (SSSR count). The summed E-state index contributed by atoms with van der Waals surface area (Å²) < 4.78 is 8.85. The van der Waals surface area contributed by atoms with E-state index in [-0.39, 0.29) is 5.41 Å². The molecule has 256 valence electrons. The van der Waals surface area contributed by atoms with Gasteiger partial charge in [0.05, 0.1) is 0 Å². The standard InChI is InChI=1S/C51H35NOS/c1-51(2)45-17-9-6-14-38(45)39-26-25-36(31-46(39)51)52(35-23-20-33(21-24-35)32-12-4-3-5-13-32)37-29-42(50-44(30-37)41-16-8-11-19-49(41)54-50)34-22-27-48-43(28-34)40-15-7-10-18-47(40)53-48/h3-31H,1-2H3. The Morgan fingerprint density at radius 1 is 0.426 bits per heavy atom. The average Bonchev–Trinajstić information content (AvgIpc) is 3.86. The van der Waals surface area contributed by atoms with Crippen LogP contribution in [0.1, 0.15) is 25.0 Å². The van der Waals surface area contributed by atoms with Gasteiger partial charge in [-0.05, 0) is 99.6 Å². The summed E-state index contributed by atoms with van der Waals surface area (Å²) in [5.74, 6) is 0. The summed E-state index contributed by atoms with van der Waals surface area (Å²) in [7, 11) is 0. The van der Waals surface area contributed by atoms with E-state index in [4.69, 9.17) is 4.42 Å². The number of furan rings is 1. The van der Waals surface area contributed by atoms with Crippen LogP contribution in [0.3, 0.4) is 0 Å². The van der Waals surface area contributed by atoms with Crippen LogP contribution in [-0.4, -0.2) is 0 Å². The Balaban J connectivity index is 1.16. The fraction of sp³-hybridized carbons (Fsp3) is 0.0588. The maximum absolute atomic E-state index is 6.27. The minimum Gasteiger partial charge on any atom is -0.456 e. The van der Waals surface area contributed by atoms with Crippen molar-refractivity contribution < 1.29 is 4.42 Å². The van der Waals surface area contributed by atoms with Crippen LogP contribution in [-0.2, 0) is 5.41 Å². The second-order valence-electron chi connectivity index (χ2n) is 14.9. The van der Waals surface area contributed by atoms with Crippen molar-refractivity contribution in [2.75, 3.05) is 4.90 Å². The Kier molecular flexibility index (Phi) is 6.80. The molecule has 1 aliphatic carbocycles. The van der Waals surface area contributed by atoms with Gasteiger partial charge < -0.3 is 9.32 Å². The summed E-state index contributed by atoms with van der Waals surface area (Å²) in [6, 6.07) is 64.3. The summed E-state index contributed by atoms with van der Waals surface area (Å²) in [6.07, 6.45) is 0. The first-order valence-corrected chi connectivity index (χ1v) is 19.4. The van der Waals surface area contributed by atoms with E-state index in [1.807, 2.05) is 17.4 Å². The fourth-order valence-electron chi connectivity index (χ4n) is 8.76. The highest BCUT2D eigenvalue weighted by molar-refractivity contribution is 7.26. The summed E-state index contributed by atoms with van der Waals surface area (Å²) in [5.41, 5.74) is 15.3. The number of hydrogen-bond acceptors (Lipinski definition) is 3. The number of thiophene rings is 1. The quantitative estimate of drug-likeness (QED) is 0.177. The summed E-state index contributed by atoms with van der Waals surface area (Å²) in [5, 5.41) is 4.82. The zero-order valence-electron chi connectivity index (χ0n) is 30.0. The molecule has 0 N–H and O–H groups in total. The Bertz CT molecular complexity index is 3080. The van der Waals surface area contributed by atoms with Gasteiger partial charge in [-0.25, -0.2) is 0 Å². The molecule has 2 heterocycles. The third kappa shape index (κ3) is 4.72. The van der Waals surface area contributed by atoms with Crippen molar-refractivity contribution >= 4 is 70.5 Å². The average molecular weight is 710 g/mol. The van der Waals surface area contributed by atoms with E-state index in [0.717, 1.165) is 39.0 Å². The third-order valence-corrected chi connectivity index (χ3v) is 12.7. The highest BCUT2D eigenvalue weighted by Gasteiger charge is 2.35. The van der Waals surface area contributed by atoms with Crippen molar-refractivity contribution in [2.45, 2.75) is 19.3 Å². The monoisotopic (exact) mass is 709 g/mol. The Hall–Kier alpha value is -6.42. The molecule has 54 heavy (non-hydrogen) atoms. The van der Waals surface area contributed by atoms with Gasteiger partial charge in [0.1, 0.15) is 11.2 Å². The van der Waals surface area contributed by atoms with Gasteiger partial charge in [0.25, 0.3) is 0 Å². The lowest BCUT2D eigenvalue weighted by molar-refractivity contribution is 0.660. The molecule has 0 bridgehead atoms. The maximum Gasteiger partial charge on any atom is 0.135 e. The van der Waals surface area contributed by atoms with E-state index in [1.165, 1.54) is 64.7 Å². The zero-order chi connectivity index (χ0) is 36.0. The lowest BCUT2D eigenvalue weighted by Crippen LogP contribution is -2.16. The van der Waals surface area contributed by atoms with Gasteiger partial charge in [0.2, 0.25) is 0 Å². The smallest absolute Gasteiger partial charge is 0.135 e. The Morgan fingerprint density at radius 2 is 1.09 bits per heavy atom. The molecule has 0 saturated carbocycles. The predicted molar refractivity (Wildman–Crippen MR) is 230 cm³/mol. The molecule has 10 aromatic rings. The van der Waals surface area contributed by atoms with Gasteiger partial charge in [-0.2, -0.15) is 0 Å². The molecular weight excluding hydrogens is 675 g/mol. The first kappa shape index (κ1) is 31.1. The number of rotatable bonds is 5. The first-order chi connectivity index (χ1) is 26.5. The fourth-order valence-corrected chi connectivity index (χ4v) is 9.98. The van der Waals surface area contributed by atoms with E-state index >= 15 is 0 Å². The molecule has 0 fully saturated rings. The second kappa shape index (κ2) is 11.8. The lowest BCUT2D eigenvalue weighted by Gasteiger charge is -2.29. The molecule has 2 nitrogen and oxygen atoms in total. The van der Waals surface area contributed by atoms with Crippen molar-refractivity contribution in [1.29, 1.82) is 0 Å². The van der Waals surface area contributed by atoms with Crippen LogP contribution in [0.2, 0.25) is 0 Å². The van der Waals surface area contributed by atoms with E-state index in [0.29, 0.717) is 0 Å². The van der Waals surface area contributed by atoms with E-state index in [2.05, 4.69) is 189 Å². The highest BCUT2D eigenvalue weighted by Crippen LogP contribution is 2.52. The molecule has 0 spiro atoms. The van der Waals surface area contributed by atoms with Crippen LogP contribution >= 0.6 is 11.3 Å². The molecule has 0 aliphatic heterocycles. The van der Waals surface area contributed by atoms with Gasteiger partial charge in [0, 0.05) is 59.0 Å². The third-order valence-electron chi connectivity index (χ3n) is 11.5. The summed E-state index contributed by atoms with van der Waals surface area (Å²) in [4.78, 5) is 2.45. The first-order valence-electron chi connectivity index (χ1n) is 18.6. The second-order valence-corrected chi connectivity index (χ2v) is 16.0. The van der Waals surface area contributed by atoms with E-state index < -0.39 is 0 Å². The topological polar surface area (TPSA) is 16.4 Å². The molecule has 0 saturated heterocycles. The Morgan fingerprint density at radius 3 is 1.96 bits per heavy atom. The Labute approximate surface area is 318 Å². The summed E-state index contributed by atoms with van der Waals surface area (Å²) >= 11 is 1.87. The largest absolute Gasteiger partial charge is 0.456 e. The highest BCUT2D eigenvalue weighted by atomic mass is 32.1. The number of para-hydroxylation sites is 1. The van der Waals surface area contributed by atoms with Crippen molar-refractivity contribution in [3.05, 3.63) is 187 Å². The normalized spacial score (nSPS) is 13.1. The molecule has 0 atom stereocenters. The van der Waals surface area contributed by atoms with E-state index in [9.17, 15) is 0 Å². The molecule has 3 heteroatoms.